The van der Waals surface area contributed by atoms with Gasteiger partial charge >= 0.3 is 5.91 Å². The van der Waals surface area contributed by atoms with Gasteiger partial charge in [0.25, 0.3) is 5.78 Å². The maximum absolute atomic E-state index is 13.7. The lowest BCUT2D eigenvalue weighted by molar-refractivity contribution is -0.132. The van der Waals surface area contributed by atoms with Gasteiger partial charge in [0.15, 0.2) is 5.13 Å². The van der Waals surface area contributed by atoms with Gasteiger partial charge in [-0.05, 0) is 54.4 Å². The number of fused-ring (bicyclic) bond motifs is 1. The number of rotatable bonds is 4. The van der Waals surface area contributed by atoms with E-state index < -0.39 is 23.5 Å². The Hall–Kier alpha value is -4.04. The molecule has 1 N–H and O–H groups in total. The molecule has 3 aromatic carbocycles. The van der Waals surface area contributed by atoms with Gasteiger partial charge < -0.3 is 9.84 Å². The summed E-state index contributed by atoms with van der Waals surface area (Å²) in [5, 5.41) is 11.5. The smallest absolute Gasteiger partial charge is 0.301 e. The number of Topliss-reactive ketones (excluding diaryl/α,β-unsaturated/α-hetero) is 1. The molecule has 0 bridgehead atoms. The number of methoxy groups -OCH3 is 1. The number of benzene rings is 3. The normalized spacial score (nSPS) is 17.5. The fraction of sp³-hybridized carbons (Fsp3) is 0.115. The molecule has 1 aliphatic rings. The molecule has 0 saturated carbocycles. The van der Waals surface area contributed by atoms with Gasteiger partial charge in [0.1, 0.15) is 17.3 Å². The van der Waals surface area contributed by atoms with E-state index in [9.17, 15) is 19.1 Å². The quantitative estimate of drug-likeness (QED) is 0.244. The minimum absolute atomic E-state index is 0.0969. The number of aliphatic hydroxyl groups is 1. The third-order valence-electron chi connectivity index (χ3n) is 5.71. The molecule has 1 aromatic heterocycles. The number of hydrogen-bond acceptors (Lipinski definition) is 6. The third-order valence-corrected chi connectivity index (χ3v) is 6.73. The van der Waals surface area contributed by atoms with E-state index in [-0.39, 0.29) is 11.3 Å². The lowest BCUT2D eigenvalue weighted by Gasteiger charge is -2.23. The highest BCUT2D eigenvalue weighted by Gasteiger charge is 2.48. The number of carbonyl (C=O) groups is 2. The fourth-order valence-electron chi connectivity index (χ4n) is 4.04. The van der Waals surface area contributed by atoms with Crippen molar-refractivity contribution in [2.24, 2.45) is 0 Å². The number of carbonyl (C=O) groups excluding carboxylic acids is 2. The second-order valence-corrected chi connectivity index (χ2v) is 8.93. The Morgan fingerprint density at radius 3 is 2.59 bits per heavy atom. The van der Waals surface area contributed by atoms with Crippen LogP contribution in [0.3, 0.4) is 0 Å². The molecule has 0 unspecified atom stereocenters. The number of amides is 1. The van der Waals surface area contributed by atoms with Gasteiger partial charge in [-0.15, -0.1) is 0 Å². The predicted molar refractivity (Wildman–Crippen MR) is 129 cm³/mol. The van der Waals surface area contributed by atoms with Crippen molar-refractivity contribution >= 4 is 44.1 Å². The summed E-state index contributed by atoms with van der Waals surface area (Å²) in [7, 11) is 1.49. The molecule has 5 rings (SSSR count). The molecule has 34 heavy (non-hydrogen) atoms. The Morgan fingerprint density at radius 1 is 1.09 bits per heavy atom. The van der Waals surface area contributed by atoms with Crippen LogP contribution >= 0.6 is 11.3 Å². The van der Waals surface area contributed by atoms with Crippen LogP contribution in [0.1, 0.15) is 22.7 Å². The van der Waals surface area contributed by atoms with E-state index in [0.717, 1.165) is 10.3 Å². The average Bonchev–Trinajstić information content (AvgIpc) is 3.37. The molecule has 0 aliphatic carbocycles. The zero-order valence-corrected chi connectivity index (χ0v) is 19.1. The lowest BCUT2D eigenvalue weighted by atomic mass is 9.95. The second-order valence-electron chi connectivity index (χ2n) is 7.92. The molecule has 170 valence electrons. The number of thiazole rings is 1. The molecule has 1 atom stereocenters. The Morgan fingerprint density at radius 2 is 1.85 bits per heavy atom. The molecule has 0 radical (unpaired) electrons. The van der Waals surface area contributed by atoms with E-state index in [1.807, 2.05) is 25.1 Å². The van der Waals surface area contributed by atoms with E-state index in [0.29, 0.717) is 27.5 Å². The number of aromatic nitrogens is 1. The molecule has 1 amide bonds. The fourth-order valence-corrected chi connectivity index (χ4v) is 5.13. The van der Waals surface area contributed by atoms with Crippen LogP contribution in [-0.2, 0) is 9.59 Å². The molecule has 6 nitrogen and oxygen atoms in total. The first kappa shape index (κ1) is 21.8. The van der Waals surface area contributed by atoms with Crippen LogP contribution in [0.5, 0.6) is 5.75 Å². The number of nitrogens with zero attached hydrogens (tertiary/aromatic N) is 2. The number of ether oxygens (including phenoxy) is 1. The number of anilines is 1. The Kier molecular flexibility index (Phi) is 5.37. The SMILES string of the molecule is COc1cccc(/C(O)=C2\C(=O)C(=O)N(c3nc4ccc(C)cc4s3)[C@@H]2c2ccc(F)cc2)c1. The van der Waals surface area contributed by atoms with Crippen molar-refractivity contribution in [3.8, 4) is 5.75 Å². The van der Waals surface area contributed by atoms with Gasteiger partial charge in [0, 0.05) is 5.56 Å². The van der Waals surface area contributed by atoms with Crippen molar-refractivity contribution in [3.63, 3.8) is 0 Å². The van der Waals surface area contributed by atoms with Gasteiger partial charge in [0.2, 0.25) is 0 Å². The maximum atomic E-state index is 13.7. The Labute approximate surface area is 198 Å². The van der Waals surface area contributed by atoms with E-state index >= 15 is 0 Å². The van der Waals surface area contributed by atoms with Gasteiger partial charge in [-0.3, -0.25) is 14.5 Å². The summed E-state index contributed by atoms with van der Waals surface area (Å²) < 4.78 is 19.8. The van der Waals surface area contributed by atoms with Crippen LogP contribution in [0.15, 0.2) is 72.3 Å². The number of ketones is 1. The topological polar surface area (TPSA) is 79.7 Å². The van der Waals surface area contributed by atoms with Crippen LogP contribution in [-0.4, -0.2) is 28.9 Å². The molecular weight excluding hydrogens is 455 g/mol. The van der Waals surface area contributed by atoms with Crippen molar-refractivity contribution in [3.05, 3.63) is 94.8 Å². The highest BCUT2D eigenvalue weighted by atomic mass is 32.1. The first-order valence-corrected chi connectivity index (χ1v) is 11.3. The zero-order valence-electron chi connectivity index (χ0n) is 18.3. The molecule has 0 spiro atoms. The van der Waals surface area contributed by atoms with Crippen LogP contribution in [0.2, 0.25) is 0 Å². The first-order valence-electron chi connectivity index (χ1n) is 10.5. The monoisotopic (exact) mass is 474 g/mol. The number of aryl methyl sites for hydroxylation is 1. The lowest BCUT2D eigenvalue weighted by Crippen LogP contribution is -2.29. The average molecular weight is 475 g/mol. The summed E-state index contributed by atoms with van der Waals surface area (Å²) in [4.78, 5) is 32.4. The second kappa shape index (κ2) is 8.39. The van der Waals surface area contributed by atoms with Crippen LogP contribution in [0.25, 0.3) is 16.0 Å². The predicted octanol–water partition coefficient (Wildman–Crippen LogP) is 5.38. The van der Waals surface area contributed by atoms with E-state index in [4.69, 9.17) is 4.74 Å². The standard InChI is InChI=1S/C26H19FN2O4S/c1-14-6-11-19-20(12-14)34-26(28-19)29-22(15-7-9-17(27)10-8-15)21(24(31)25(29)32)23(30)16-4-3-5-18(13-16)33-2/h3-13,22,30H,1-2H3/b23-21+/t22-/m1/s1. The number of halogens is 1. The first-order chi connectivity index (χ1) is 16.4. The zero-order chi connectivity index (χ0) is 24.0. The summed E-state index contributed by atoms with van der Waals surface area (Å²) in [6.45, 7) is 1.96. The van der Waals surface area contributed by atoms with Crippen molar-refractivity contribution in [2.45, 2.75) is 13.0 Å². The summed E-state index contributed by atoms with van der Waals surface area (Å²) in [6, 6.07) is 16.8. The maximum Gasteiger partial charge on any atom is 0.301 e. The highest BCUT2D eigenvalue weighted by Crippen LogP contribution is 2.44. The summed E-state index contributed by atoms with van der Waals surface area (Å²) >= 11 is 1.28. The van der Waals surface area contributed by atoms with Crippen molar-refractivity contribution in [2.75, 3.05) is 12.0 Å². The van der Waals surface area contributed by atoms with E-state index in [1.165, 1.54) is 47.6 Å². The Bertz CT molecular complexity index is 1480. The van der Waals surface area contributed by atoms with Gasteiger partial charge in [-0.25, -0.2) is 9.37 Å². The molecule has 2 heterocycles. The molecular formula is C26H19FN2O4S. The van der Waals surface area contributed by atoms with Crippen molar-refractivity contribution in [1.29, 1.82) is 0 Å². The molecule has 4 aromatic rings. The number of aliphatic hydroxyl groups excluding tert-OH is 1. The van der Waals surface area contributed by atoms with Gasteiger partial charge in [-0.2, -0.15) is 0 Å². The number of hydrogen-bond donors (Lipinski definition) is 1. The van der Waals surface area contributed by atoms with Crippen LogP contribution < -0.4 is 9.64 Å². The molecule has 1 fully saturated rings. The van der Waals surface area contributed by atoms with Crippen LogP contribution in [0, 0.1) is 12.7 Å². The third kappa shape index (κ3) is 3.62. The highest BCUT2D eigenvalue weighted by molar-refractivity contribution is 7.22. The van der Waals surface area contributed by atoms with E-state index in [1.54, 1.807) is 24.3 Å². The Balaban J connectivity index is 1.73. The van der Waals surface area contributed by atoms with Crippen molar-refractivity contribution < 1.29 is 23.8 Å². The summed E-state index contributed by atoms with van der Waals surface area (Å²) in [5.74, 6) is -1.97. The summed E-state index contributed by atoms with van der Waals surface area (Å²) in [6.07, 6.45) is 0. The minimum Gasteiger partial charge on any atom is -0.507 e. The van der Waals surface area contributed by atoms with Crippen LogP contribution in [0.4, 0.5) is 9.52 Å². The molecule has 1 saturated heterocycles. The van der Waals surface area contributed by atoms with Gasteiger partial charge in [-0.1, -0.05) is 41.7 Å². The molecule has 1 aliphatic heterocycles. The van der Waals surface area contributed by atoms with E-state index in [2.05, 4.69) is 4.98 Å². The summed E-state index contributed by atoms with van der Waals surface area (Å²) in [5.41, 5.74) is 2.43. The molecule has 8 heteroatoms. The van der Waals surface area contributed by atoms with Crippen molar-refractivity contribution in [1.82, 2.24) is 4.98 Å². The minimum atomic E-state index is -0.978. The van der Waals surface area contributed by atoms with Gasteiger partial charge in [0.05, 0.1) is 28.9 Å². The largest absolute Gasteiger partial charge is 0.507 e.